The highest BCUT2D eigenvalue weighted by Gasteiger charge is 2.61. The summed E-state index contributed by atoms with van der Waals surface area (Å²) in [5.74, 6) is 3.42. The molecule has 6 aromatic carbocycles. The van der Waals surface area contributed by atoms with Crippen molar-refractivity contribution in [3.8, 4) is 22.3 Å². The van der Waals surface area contributed by atoms with Crippen molar-refractivity contribution in [1.82, 2.24) is 0 Å². The molecule has 0 unspecified atom stereocenters. The molecule has 1 aromatic heterocycles. The van der Waals surface area contributed by atoms with E-state index in [1.165, 1.54) is 84.0 Å². The van der Waals surface area contributed by atoms with Gasteiger partial charge < -0.3 is 9.32 Å². The van der Waals surface area contributed by atoms with Crippen LogP contribution in [0.15, 0.2) is 132 Å². The lowest BCUT2D eigenvalue weighted by Crippen LogP contribution is -2.55. The smallest absolute Gasteiger partial charge is 0.137 e. The summed E-state index contributed by atoms with van der Waals surface area (Å²) >= 11 is 0. The van der Waals surface area contributed by atoms with Gasteiger partial charge in [-0.1, -0.05) is 107 Å². The lowest BCUT2D eigenvalue weighted by molar-refractivity contribution is -0.0399. The van der Waals surface area contributed by atoms with Crippen LogP contribution in [0.3, 0.4) is 0 Å². The van der Waals surface area contributed by atoms with Gasteiger partial charge in [0.2, 0.25) is 0 Å². The van der Waals surface area contributed by atoms with E-state index in [1.54, 1.807) is 11.1 Å². The molecule has 4 bridgehead atoms. The third kappa shape index (κ3) is 4.50. The summed E-state index contributed by atoms with van der Waals surface area (Å²) < 4.78 is 6.47. The average molecular weight is 730 g/mol. The quantitative estimate of drug-likeness (QED) is 0.179. The minimum atomic E-state index is 0.109. The van der Waals surface area contributed by atoms with Gasteiger partial charge in [-0.25, -0.2) is 0 Å². The number of nitrogens with zero attached hydrogens (tertiary/aromatic N) is 1. The fourth-order valence-corrected chi connectivity index (χ4v) is 13.2. The second-order valence-corrected chi connectivity index (χ2v) is 19.6. The van der Waals surface area contributed by atoms with E-state index in [0.29, 0.717) is 0 Å². The SMILES string of the molecule is CC1(C)CCC(C)(C)c2cc(N(c3ccc(-c4cccc5c4-c4ccccc4C54C5CC6CC(C5)CC4C6)cc3)c3ccc4c(c3)oc3ccccc34)ccc21. The fraction of sp³-hybridized carbons (Fsp3) is 0.333. The average Bonchev–Trinajstić information content (AvgIpc) is 3.72. The van der Waals surface area contributed by atoms with Crippen molar-refractivity contribution in [2.75, 3.05) is 4.90 Å². The van der Waals surface area contributed by atoms with Crippen LogP contribution in [0.5, 0.6) is 0 Å². The van der Waals surface area contributed by atoms with E-state index < -0.39 is 0 Å². The molecule has 0 N–H and O–H groups in total. The summed E-state index contributed by atoms with van der Waals surface area (Å²) in [5.41, 5.74) is 17.6. The molecule has 6 aliphatic carbocycles. The van der Waals surface area contributed by atoms with Crippen LogP contribution in [0.2, 0.25) is 0 Å². The van der Waals surface area contributed by atoms with Gasteiger partial charge in [0.1, 0.15) is 11.2 Å². The molecule has 13 rings (SSSR count). The first kappa shape index (κ1) is 33.1. The topological polar surface area (TPSA) is 16.4 Å². The highest BCUT2D eigenvalue weighted by Crippen LogP contribution is 2.70. The number of fused-ring (bicyclic) bond motifs is 7. The lowest BCUT2D eigenvalue weighted by Gasteiger charge is -2.61. The van der Waals surface area contributed by atoms with E-state index in [1.807, 2.05) is 0 Å². The summed E-state index contributed by atoms with van der Waals surface area (Å²) in [4.78, 5) is 2.45. The van der Waals surface area contributed by atoms with Gasteiger partial charge >= 0.3 is 0 Å². The van der Waals surface area contributed by atoms with Crippen LogP contribution in [-0.4, -0.2) is 0 Å². The van der Waals surface area contributed by atoms with E-state index in [2.05, 4.69) is 160 Å². The highest BCUT2D eigenvalue weighted by atomic mass is 16.3. The van der Waals surface area contributed by atoms with E-state index in [9.17, 15) is 0 Å². The normalized spacial score (nSPS) is 26.1. The maximum absolute atomic E-state index is 6.47. The molecule has 1 spiro atoms. The van der Waals surface area contributed by atoms with Crippen molar-refractivity contribution in [2.45, 2.75) is 88.9 Å². The Hall–Kier alpha value is -5.08. The highest BCUT2D eigenvalue weighted by molar-refractivity contribution is 6.06. The van der Waals surface area contributed by atoms with E-state index in [-0.39, 0.29) is 16.2 Å². The molecular weight excluding hydrogens is 679 g/mol. The molecule has 4 saturated carbocycles. The molecule has 2 heteroatoms. The molecule has 56 heavy (non-hydrogen) atoms. The Morgan fingerprint density at radius 1 is 0.482 bits per heavy atom. The minimum Gasteiger partial charge on any atom is -0.456 e. The summed E-state index contributed by atoms with van der Waals surface area (Å²) in [6, 6.07) is 48.7. The van der Waals surface area contributed by atoms with Crippen molar-refractivity contribution in [3.05, 3.63) is 150 Å². The Bertz CT molecular complexity index is 2700. The van der Waals surface area contributed by atoms with Crippen LogP contribution in [0.25, 0.3) is 44.2 Å². The minimum absolute atomic E-state index is 0.109. The van der Waals surface area contributed by atoms with Gasteiger partial charge in [-0.2, -0.15) is 0 Å². The van der Waals surface area contributed by atoms with E-state index >= 15 is 0 Å². The molecule has 6 aliphatic rings. The van der Waals surface area contributed by atoms with Gasteiger partial charge in [-0.3, -0.25) is 0 Å². The zero-order chi connectivity index (χ0) is 37.6. The Kier molecular flexibility index (Phi) is 6.80. The van der Waals surface area contributed by atoms with E-state index in [4.69, 9.17) is 4.42 Å². The van der Waals surface area contributed by atoms with E-state index in [0.717, 1.165) is 57.0 Å². The van der Waals surface area contributed by atoms with Gasteiger partial charge in [0, 0.05) is 39.3 Å². The van der Waals surface area contributed by atoms with Crippen LogP contribution in [0.4, 0.5) is 17.1 Å². The summed E-state index contributed by atoms with van der Waals surface area (Å²) in [5, 5.41) is 2.32. The standard InChI is InChI=1S/C54H51NO/c1-52(2)24-25-53(3,4)48-31-39(21-23-46(48)52)55(40-20-22-43-42-10-6-8-15-49(42)56-50(43)32-40)38-18-16-35(17-19-38)41-12-9-14-47-51(41)44-11-5-7-13-45(44)54(47)36-27-33-26-34(29-36)30-37(54)28-33/h5-23,31-34,36-37H,24-30H2,1-4H3. The van der Waals surface area contributed by atoms with Crippen molar-refractivity contribution in [3.63, 3.8) is 0 Å². The molecule has 0 atom stereocenters. The van der Waals surface area contributed by atoms with Crippen LogP contribution >= 0.6 is 0 Å². The molecule has 1 heterocycles. The number of anilines is 3. The number of hydrogen-bond acceptors (Lipinski definition) is 2. The summed E-state index contributed by atoms with van der Waals surface area (Å²) in [6.07, 6.45) is 9.51. The molecule has 278 valence electrons. The lowest BCUT2D eigenvalue weighted by atomic mass is 9.43. The molecular formula is C54H51NO. The summed E-state index contributed by atoms with van der Waals surface area (Å²) in [6.45, 7) is 9.68. The van der Waals surface area contributed by atoms with Crippen molar-refractivity contribution >= 4 is 39.0 Å². The first-order valence-corrected chi connectivity index (χ1v) is 21.4. The third-order valence-corrected chi connectivity index (χ3v) is 15.7. The second kappa shape index (κ2) is 11.5. The molecule has 2 nitrogen and oxygen atoms in total. The van der Waals surface area contributed by atoms with Crippen LogP contribution in [0.1, 0.15) is 94.9 Å². The van der Waals surface area contributed by atoms with Crippen LogP contribution in [0, 0.1) is 23.7 Å². The predicted octanol–water partition coefficient (Wildman–Crippen LogP) is 14.8. The first-order valence-electron chi connectivity index (χ1n) is 21.4. The number of rotatable bonds is 4. The van der Waals surface area contributed by atoms with Gasteiger partial charge in [-0.05, 0) is 166 Å². The largest absolute Gasteiger partial charge is 0.456 e. The molecule has 0 amide bonds. The zero-order valence-electron chi connectivity index (χ0n) is 33.2. The van der Waals surface area contributed by atoms with Crippen molar-refractivity contribution in [2.24, 2.45) is 23.7 Å². The van der Waals surface area contributed by atoms with Crippen molar-refractivity contribution < 1.29 is 4.42 Å². The second-order valence-electron chi connectivity index (χ2n) is 19.6. The van der Waals surface area contributed by atoms with Crippen LogP contribution in [-0.2, 0) is 16.2 Å². The maximum Gasteiger partial charge on any atom is 0.137 e. The Balaban J connectivity index is 1.00. The van der Waals surface area contributed by atoms with Gasteiger partial charge in [-0.15, -0.1) is 0 Å². The van der Waals surface area contributed by atoms with Crippen molar-refractivity contribution in [1.29, 1.82) is 0 Å². The Labute approximate surface area is 331 Å². The third-order valence-electron chi connectivity index (χ3n) is 15.7. The van der Waals surface area contributed by atoms with Gasteiger partial charge in [0.25, 0.3) is 0 Å². The van der Waals surface area contributed by atoms with Gasteiger partial charge in [0.15, 0.2) is 0 Å². The molecule has 0 aliphatic heterocycles. The van der Waals surface area contributed by atoms with Gasteiger partial charge in [0.05, 0.1) is 0 Å². The zero-order valence-corrected chi connectivity index (χ0v) is 33.2. The number of hydrogen-bond donors (Lipinski definition) is 0. The number of furan rings is 1. The Morgan fingerprint density at radius 3 is 1.88 bits per heavy atom. The van der Waals surface area contributed by atoms with Crippen LogP contribution < -0.4 is 4.90 Å². The molecule has 0 radical (unpaired) electrons. The number of benzene rings is 6. The number of para-hydroxylation sites is 1. The monoisotopic (exact) mass is 729 g/mol. The summed E-state index contributed by atoms with van der Waals surface area (Å²) in [7, 11) is 0. The molecule has 4 fully saturated rings. The fourth-order valence-electron chi connectivity index (χ4n) is 13.2. The molecule has 0 saturated heterocycles. The molecule has 7 aromatic rings. The Morgan fingerprint density at radius 2 is 1.09 bits per heavy atom. The maximum atomic E-state index is 6.47. The first-order chi connectivity index (χ1) is 27.2. The predicted molar refractivity (Wildman–Crippen MR) is 232 cm³/mol.